The molecule has 6 heteroatoms. The minimum atomic E-state index is -0.00378. The van der Waals surface area contributed by atoms with Crippen molar-refractivity contribution in [2.75, 3.05) is 13.1 Å². The molecule has 0 bridgehead atoms. The van der Waals surface area contributed by atoms with Crippen LogP contribution in [0.15, 0.2) is 24.5 Å². The number of hydrogen-bond acceptors (Lipinski definition) is 4. The van der Waals surface area contributed by atoms with Crippen molar-refractivity contribution in [3.8, 4) is 0 Å². The number of nitrogens with zero attached hydrogens (tertiary/aromatic N) is 3. The van der Waals surface area contributed by atoms with E-state index in [0.717, 1.165) is 30.9 Å². The lowest BCUT2D eigenvalue weighted by atomic mass is 9.95. The Kier molecular flexibility index (Phi) is 3.96. The third-order valence-electron chi connectivity index (χ3n) is 3.82. The molecule has 3 rings (SSSR count). The topological polar surface area (TPSA) is 71.8 Å². The van der Waals surface area contributed by atoms with Gasteiger partial charge in [-0.15, -0.1) is 10.2 Å². The fraction of sp³-hybridized carbons (Fsp3) is 0.400. The van der Waals surface area contributed by atoms with Crippen LogP contribution in [0.1, 0.15) is 27.3 Å². The standard InChI is InChI=1S/C15H19N5O/c1-20-10-18-19-14(20)6-8-17-15(21)13-4-2-3-11-9-16-7-5-12(11)13/h2-4,10,16H,5-9H2,1H3,(H,17,21). The average Bonchev–Trinajstić information content (AvgIpc) is 2.92. The molecular formula is C15H19N5O. The highest BCUT2D eigenvalue weighted by atomic mass is 16.1. The molecule has 21 heavy (non-hydrogen) atoms. The zero-order chi connectivity index (χ0) is 14.7. The maximum Gasteiger partial charge on any atom is 0.251 e. The number of carbonyl (C=O) groups is 1. The van der Waals surface area contributed by atoms with E-state index < -0.39 is 0 Å². The number of nitrogens with one attached hydrogen (secondary N) is 2. The molecule has 2 aromatic rings. The van der Waals surface area contributed by atoms with Crippen molar-refractivity contribution in [1.29, 1.82) is 0 Å². The molecule has 1 aliphatic heterocycles. The Morgan fingerprint density at radius 1 is 1.48 bits per heavy atom. The van der Waals surface area contributed by atoms with Crippen LogP contribution in [-0.2, 0) is 26.4 Å². The summed E-state index contributed by atoms with van der Waals surface area (Å²) in [5, 5.41) is 14.1. The molecule has 0 atom stereocenters. The third-order valence-corrected chi connectivity index (χ3v) is 3.82. The largest absolute Gasteiger partial charge is 0.352 e. The Hall–Kier alpha value is -2.21. The van der Waals surface area contributed by atoms with Crippen LogP contribution in [-0.4, -0.2) is 33.8 Å². The van der Waals surface area contributed by atoms with Gasteiger partial charge in [0, 0.05) is 32.1 Å². The van der Waals surface area contributed by atoms with Crippen LogP contribution in [0.4, 0.5) is 0 Å². The molecule has 1 aliphatic rings. The van der Waals surface area contributed by atoms with E-state index in [9.17, 15) is 4.79 Å². The van der Waals surface area contributed by atoms with Gasteiger partial charge in [0.05, 0.1) is 0 Å². The molecule has 0 spiro atoms. The number of aromatic nitrogens is 3. The van der Waals surface area contributed by atoms with Crippen LogP contribution in [0.2, 0.25) is 0 Å². The molecule has 1 amide bonds. The first kappa shape index (κ1) is 13.8. The zero-order valence-electron chi connectivity index (χ0n) is 12.1. The van der Waals surface area contributed by atoms with Crippen LogP contribution in [0.25, 0.3) is 0 Å². The molecule has 0 saturated heterocycles. The second-order valence-corrected chi connectivity index (χ2v) is 5.23. The molecule has 1 aromatic heterocycles. The van der Waals surface area contributed by atoms with Gasteiger partial charge in [-0.3, -0.25) is 4.79 Å². The second kappa shape index (κ2) is 6.05. The van der Waals surface area contributed by atoms with E-state index in [4.69, 9.17) is 0 Å². The van der Waals surface area contributed by atoms with Gasteiger partial charge < -0.3 is 15.2 Å². The summed E-state index contributed by atoms with van der Waals surface area (Å²) in [6.07, 6.45) is 3.25. The van der Waals surface area contributed by atoms with Crippen LogP contribution < -0.4 is 10.6 Å². The maximum atomic E-state index is 12.4. The van der Waals surface area contributed by atoms with E-state index in [2.05, 4.69) is 26.9 Å². The molecule has 0 saturated carbocycles. The molecule has 1 aromatic carbocycles. The van der Waals surface area contributed by atoms with Gasteiger partial charge in [0.15, 0.2) is 0 Å². The third kappa shape index (κ3) is 2.95. The highest BCUT2D eigenvalue weighted by Gasteiger charge is 2.16. The van der Waals surface area contributed by atoms with E-state index in [1.54, 1.807) is 6.33 Å². The Bertz CT molecular complexity index is 649. The lowest BCUT2D eigenvalue weighted by Gasteiger charge is -2.19. The second-order valence-electron chi connectivity index (χ2n) is 5.23. The fourth-order valence-electron chi connectivity index (χ4n) is 2.66. The Morgan fingerprint density at radius 3 is 3.19 bits per heavy atom. The zero-order valence-corrected chi connectivity index (χ0v) is 12.1. The van der Waals surface area contributed by atoms with Gasteiger partial charge in [-0.25, -0.2) is 0 Å². The van der Waals surface area contributed by atoms with Gasteiger partial charge in [-0.2, -0.15) is 0 Å². The van der Waals surface area contributed by atoms with Gasteiger partial charge in [-0.1, -0.05) is 12.1 Å². The van der Waals surface area contributed by atoms with E-state index >= 15 is 0 Å². The number of carbonyl (C=O) groups excluding carboxylic acids is 1. The predicted octanol–water partition coefficient (Wildman–Crippen LogP) is 0.433. The normalized spacial score (nSPS) is 13.8. The average molecular weight is 285 g/mol. The van der Waals surface area contributed by atoms with Crippen LogP contribution in [0.5, 0.6) is 0 Å². The highest BCUT2D eigenvalue weighted by Crippen LogP contribution is 2.18. The Balaban J connectivity index is 1.64. The lowest BCUT2D eigenvalue weighted by Crippen LogP contribution is -2.30. The summed E-state index contributed by atoms with van der Waals surface area (Å²) in [6.45, 7) is 2.33. The summed E-state index contributed by atoms with van der Waals surface area (Å²) in [5.41, 5.74) is 3.20. The minimum absolute atomic E-state index is 0.00378. The molecule has 0 fully saturated rings. The number of benzene rings is 1. The van der Waals surface area contributed by atoms with E-state index in [1.807, 2.05) is 23.7 Å². The smallest absolute Gasteiger partial charge is 0.251 e. The summed E-state index contributed by atoms with van der Waals surface area (Å²) in [4.78, 5) is 12.4. The van der Waals surface area contributed by atoms with Crippen molar-refractivity contribution < 1.29 is 4.79 Å². The van der Waals surface area contributed by atoms with Crippen LogP contribution in [0, 0.1) is 0 Å². The van der Waals surface area contributed by atoms with E-state index in [0.29, 0.717) is 13.0 Å². The van der Waals surface area contributed by atoms with Gasteiger partial charge in [0.2, 0.25) is 0 Å². The molecular weight excluding hydrogens is 266 g/mol. The maximum absolute atomic E-state index is 12.4. The number of hydrogen-bond donors (Lipinski definition) is 2. The molecule has 0 aliphatic carbocycles. The molecule has 6 nitrogen and oxygen atoms in total. The van der Waals surface area contributed by atoms with Crippen molar-refractivity contribution in [1.82, 2.24) is 25.4 Å². The number of fused-ring (bicyclic) bond motifs is 1. The first-order valence-electron chi connectivity index (χ1n) is 7.18. The van der Waals surface area contributed by atoms with Gasteiger partial charge >= 0.3 is 0 Å². The molecule has 0 unspecified atom stereocenters. The number of aryl methyl sites for hydroxylation is 1. The van der Waals surface area contributed by atoms with Crippen molar-refractivity contribution in [3.63, 3.8) is 0 Å². The van der Waals surface area contributed by atoms with Crippen molar-refractivity contribution >= 4 is 5.91 Å². The SMILES string of the molecule is Cn1cnnc1CCNC(=O)c1cccc2c1CCNC2. The monoisotopic (exact) mass is 285 g/mol. The summed E-state index contributed by atoms with van der Waals surface area (Å²) >= 11 is 0. The molecule has 2 heterocycles. The van der Waals surface area contributed by atoms with Crippen molar-refractivity contribution in [2.45, 2.75) is 19.4 Å². The Labute approximate surface area is 123 Å². The fourth-order valence-corrected chi connectivity index (χ4v) is 2.66. The number of rotatable bonds is 4. The first-order chi connectivity index (χ1) is 10.3. The molecule has 110 valence electrons. The summed E-state index contributed by atoms with van der Waals surface area (Å²) in [6, 6.07) is 5.93. The summed E-state index contributed by atoms with van der Waals surface area (Å²) < 4.78 is 1.86. The predicted molar refractivity (Wildman–Crippen MR) is 78.9 cm³/mol. The van der Waals surface area contributed by atoms with Gasteiger partial charge in [-0.05, 0) is 30.2 Å². The lowest BCUT2D eigenvalue weighted by molar-refractivity contribution is 0.0952. The van der Waals surface area contributed by atoms with Crippen LogP contribution in [0.3, 0.4) is 0 Å². The minimum Gasteiger partial charge on any atom is -0.352 e. The highest BCUT2D eigenvalue weighted by molar-refractivity contribution is 5.96. The molecule has 0 radical (unpaired) electrons. The summed E-state index contributed by atoms with van der Waals surface area (Å²) in [5.74, 6) is 0.866. The van der Waals surface area contributed by atoms with E-state index in [-0.39, 0.29) is 5.91 Å². The summed E-state index contributed by atoms with van der Waals surface area (Å²) in [7, 11) is 1.90. The van der Waals surface area contributed by atoms with Crippen molar-refractivity contribution in [3.05, 3.63) is 47.0 Å². The Morgan fingerprint density at radius 2 is 2.38 bits per heavy atom. The number of amides is 1. The quantitative estimate of drug-likeness (QED) is 0.855. The molecule has 2 N–H and O–H groups in total. The first-order valence-corrected chi connectivity index (χ1v) is 7.18. The van der Waals surface area contributed by atoms with Gasteiger partial charge in [0.25, 0.3) is 5.91 Å². The van der Waals surface area contributed by atoms with E-state index in [1.165, 1.54) is 11.1 Å². The van der Waals surface area contributed by atoms with Crippen molar-refractivity contribution in [2.24, 2.45) is 7.05 Å². The van der Waals surface area contributed by atoms with Gasteiger partial charge in [0.1, 0.15) is 12.2 Å². The van der Waals surface area contributed by atoms with Crippen LogP contribution >= 0.6 is 0 Å².